The second-order valence-corrected chi connectivity index (χ2v) is 15.3. The van der Waals surface area contributed by atoms with E-state index in [4.69, 9.17) is 23.1 Å². The summed E-state index contributed by atoms with van der Waals surface area (Å²) in [5, 5.41) is 38.3. The van der Waals surface area contributed by atoms with Crippen molar-refractivity contribution in [2.24, 2.45) is 0 Å². The highest BCUT2D eigenvalue weighted by molar-refractivity contribution is 6.79. The molecule has 0 heterocycles. The predicted molar refractivity (Wildman–Crippen MR) is 109 cm³/mol. The van der Waals surface area contributed by atoms with E-state index in [0.29, 0.717) is 25.1 Å². The number of hydrogen-bond donors (Lipinski definition) is 5. The Bertz CT molecular complexity index is 427. The molecule has 9 nitrogen and oxygen atoms in total. The van der Waals surface area contributed by atoms with E-state index in [0.717, 1.165) is 0 Å². The molecule has 0 fully saturated rings. The third-order valence-electron chi connectivity index (χ3n) is 4.33. The van der Waals surface area contributed by atoms with Crippen molar-refractivity contribution in [2.75, 3.05) is 40.1 Å². The van der Waals surface area contributed by atoms with E-state index in [9.17, 15) is 20.1 Å². The highest BCUT2D eigenvalue weighted by Crippen LogP contribution is 2.25. The molecule has 0 radical (unpaired) electrons. The SMILES string of the molecule is CO[Si](CCCOCC(C)(O)CO)(CCOCC(C)(O)C(C)O)O[Si](C)(C)O. The van der Waals surface area contributed by atoms with Crippen LogP contribution in [0.4, 0.5) is 0 Å². The lowest BCUT2D eigenvalue weighted by Gasteiger charge is -2.34. The molecule has 4 atom stereocenters. The molecule has 0 aromatic heterocycles. The molecule has 5 N–H and O–H groups in total. The van der Waals surface area contributed by atoms with Crippen molar-refractivity contribution in [1.82, 2.24) is 0 Å². The van der Waals surface area contributed by atoms with Crippen molar-refractivity contribution >= 4 is 17.1 Å². The summed E-state index contributed by atoms with van der Waals surface area (Å²) in [7, 11) is -4.09. The zero-order chi connectivity index (χ0) is 22.1. The maximum atomic E-state index is 10.2. The second-order valence-electron chi connectivity index (χ2n) is 8.31. The lowest BCUT2D eigenvalue weighted by atomic mass is 10.0. The molecular weight excluding hydrogens is 404 g/mol. The standard InChI is InChI=1S/C17H40O9Si2/c1-15(19)17(3,21)14-25-9-11-28(23-4,26-27(5,6)22)10-7-8-24-13-16(2,20)12-18/h15,18-22H,7-14H2,1-6H3. The molecule has 0 amide bonds. The zero-order valence-electron chi connectivity index (χ0n) is 18.1. The first-order valence-electron chi connectivity index (χ1n) is 9.55. The van der Waals surface area contributed by atoms with Gasteiger partial charge in [0.15, 0.2) is 0 Å². The van der Waals surface area contributed by atoms with Gasteiger partial charge >= 0.3 is 17.1 Å². The fourth-order valence-electron chi connectivity index (χ4n) is 2.34. The Balaban J connectivity index is 4.68. The minimum absolute atomic E-state index is 0.0175. The van der Waals surface area contributed by atoms with Crippen LogP contribution in [0.3, 0.4) is 0 Å². The largest absolute Gasteiger partial charge is 0.415 e. The van der Waals surface area contributed by atoms with Gasteiger partial charge in [0, 0.05) is 26.4 Å². The third kappa shape index (κ3) is 11.9. The van der Waals surface area contributed by atoms with E-state index in [1.165, 1.54) is 20.8 Å². The molecule has 0 spiro atoms. The zero-order valence-corrected chi connectivity index (χ0v) is 20.1. The fourth-order valence-corrected chi connectivity index (χ4v) is 8.92. The van der Waals surface area contributed by atoms with Crippen molar-refractivity contribution in [3.8, 4) is 0 Å². The molecule has 0 saturated carbocycles. The highest BCUT2D eigenvalue weighted by atomic mass is 28.5. The monoisotopic (exact) mass is 444 g/mol. The van der Waals surface area contributed by atoms with Crippen LogP contribution in [-0.2, 0) is 18.0 Å². The van der Waals surface area contributed by atoms with Crippen molar-refractivity contribution in [2.45, 2.75) is 69.7 Å². The quantitative estimate of drug-likeness (QED) is 0.165. The Morgan fingerprint density at radius 2 is 1.57 bits per heavy atom. The minimum Gasteiger partial charge on any atom is -0.415 e. The normalized spacial score (nSPS) is 20.2. The van der Waals surface area contributed by atoms with E-state index in [1.807, 2.05) is 0 Å². The van der Waals surface area contributed by atoms with Crippen LogP contribution in [0.5, 0.6) is 0 Å². The Morgan fingerprint density at radius 1 is 1.00 bits per heavy atom. The van der Waals surface area contributed by atoms with Gasteiger partial charge in [-0.3, -0.25) is 0 Å². The van der Waals surface area contributed by atoms with E-state index in [1.54, 1.807) is 20.2 Å². The molecule has 0 aromatic carbocycles. The van der Waals surface area contributed by atoms with Crippen LogP contribution in [0.25, 0.3) is 0 Å². The van der Waals surface area contributed by atoms with Crippen LogP contribution in [0, 0.1) is 0 Å². The average molecular weight is 445 g/mol. The Hall–Kier alpha value is 0.0738. The van der Waals surface area contributed by atoms with E-state index in [-0.39, 0.29) is 26.4 Å². The lowest BCUT2D eigenvalue weighted by molar-refractivity contribution is -0.101. The maximum absolute atomic E-state index is 10.2. The summed E-state index contributed by atoms with van der Waals surface area (Å²) in [5.41, 5.74) is -2.62. The summed E-state index contributed by atoms with van der Waals surface area (Å²) in [5.74, 6) is 0. The van der Waals surface area contributed by atoms with Gasteiger partial charge in [0.25, 0.3) is 0 Å². The van der Waals surface area contributed by atoms with Gasteiger partial charge in [-0.25, -0.2) is 0 Å². The Kier molecular flexibility index (Phi) is 12.1. The van der Waals surface area contributed by atoms with Crippen LogP contribution < -0.4 is 0 Å². The molecule has 11 heteroatoms. The van der Waals surface area contributed by atoms with Gasteiger partial charge in [-0.1, -0.05) is 0 Å². The van der Waals surface area contributed by atoms with Gasteiger partial charge in [0.05, 0.1) is 25.9 Å². The first-order valence-corrected chi connectivity index (χ1v) is 14.6. The molecule has 0 aromatic rings. The van der Waals surface area contributed by atoms with Gasteiger partial charge in [-0.05, 0) is 46.3 Å². The number of aliphatic hydroxyl groups excluding tert-OH is 2. The molecule has 4 unspecified atom stereocenters. The predicted octanol–water partition coefficient (Wildman–Crippen LogP) is 0.0841. The van der Waals surface area contributed by atoms with Crippen LogP contribution in [-0.4, -0.2) is 99.8 Å². The van der Waals surface area contributed by atoms with Gasteiger partial charge in [-0.2, -0.15) is 0 Å². The summed E-state index contributed by atoms with van der Waals surface area (Å²) in [6.07, 6.45) is -0.331. The summed E-state index contributed by atoms with van der Waals surface area (Å²) >= 11 is 0. The average Bonchev–Trinajstić information content (AvgIpc) is 2.56. The maximum Gasteiger partial charge on any atom is 0.331 e. The van der Waals surface area contributed by atoms with Crippen molar-refractivity contribution in [1.29, 1.82) is 0 Å². The van der Waals surface area contributed by atoms with Gasteiger partial charge in [0.2, 0.25) is 0 Å². The van der Waals surface area contributed by atoms with Crippen LogP contribution in [0.15, 0.2) is 0 Å². The number of hydrogen-bond acceptors (Lipinski definition) is 9. The number of rotatable bonds is 16. The van der Waals surface area contributed by atoms with E-state index >= 15 is 0 Å². The topological polar surface area (TPSA) is 138 Å². The van der Waals surface area contributed by atoms with Crippen molar-refractivity contribution in [3.05, 3.63) is 0 Å². The molecule has 0 aliphatic heterocycles. The first kappa shape index (κ1) is 28.1. The molecule has 0 rings (SSSR count). The number of aliphatic hydroxyl groups is 4. The summed E-state index contributed by atoms with van der Waals surface area (Å²) in [6, 6.07) is 1.00. The number of ether oxygens (including phenoxy) is 2. The lowest BCUT2D eigenvalue weighted by Crippen LogP contribution is -2.51. The second kappa shape index (κ2) is 12.1. The van der Waals surface area contributed by atoms with Crippen LogP contribution in [0.1, 0.15) is 27.2 Å². The van der Waals surface area contributed by atoms with E-state index in [2.05, 4.69) is 0 Å². The van der Waals surface area contributed by atoms with Gasteiger partial charge in [-0.15, -0.1) is 0 Å². The fraction of sp³-hybridized carbons (Fsp3) is 1.00. The molecule has 0 bridgehead atoms. The minimum atomic E-state index is -2.85. The summed E-state index contributed by atoms with van der Waals surface area (Å²) in [4.78, 5) is 10.2. The molecule has 0 aliphatic rings. The molecular formula is C17H40O9Si2. The van der Waals surface area contributed by atoms with Gasteiger partial charge < -0.3 is 43.2 Å². The Morgan fingerprint density at radius 3 is 2.04 bits per heavy atom. The molecule has 28 heavy (non-hydrogen) atoms. The van der Waals surface area contributed by atoms with E-state index < -0.39 is 34.4 Å². The van der Waals surface area contributed by atoms with Gasteiger partial charge in [0.1, 0.15) is 11.2 Å². The van der Waals surface area contributed by atoms with Crippen LogP contribution in [0.2, 0.25) is 25.2 Å². The smallest absolute Gasteiger partial charge is 0.331 e. The van der Waals surface area contributed by atoms with Crippen molar-refractivity contribution in [3.63, 3.8) is 0 Å². The Labute approximate surface area is 170 Å². The molecule has 170 valence electrons. The summed E-state index contributed by atoms with van der Waals surface area (Å²) < 4.78 is 22.7. The first-order chi connectivity index (χ1) is 12.7. The van der Waals surface area contributed by atoms with Crippen molar-refractivity contribution < 1.29 is 43.2 Å². The highest BCUT2D eigenvalue weighted by Gasteiger charge is 2.42. The summed E-state index contributed by atoms with van der Waals surface area (Å²) in [6.45, 7) is 8.03. The third-order valence-corrected chi connectivity index (χ3v) is 10.6. The molecule has 0 saturated heterocycles. The van der Waals surface area contributed by atoms with Crippen LogP contribution >= 0.6 is 0 Å². The molecule has 0 aliphatic carbocycles.